The summed E-state index contributed by atoms with van der Waals surface area (Å²) < 4.78 is 13.8. The van der Waals surface area contributed by atoms with Crippen LogP contribution in [0.3, 0.4) is 0 Å². The van der Waals surface area contributed by atoms with Gasteiger partial charge in [0.15, 0.2) is 0 Å². The van der Waals surface area contributed by atoms with Gasteiger partial charge in [0.1, 0.15) is 5.82 Å². The van der Waals surface area contributed by atoms with Crippen LogP contribution in [0.4, 0.5) is 10.1 Å². The van der Waals surface area contributed by atoms with E-state index in [-0.39, 0.29) is 22.4 Å². The third-order valence-electron chi connectivity index (χ3n) is 2.56. The van der Waals surface area contributed by atoms with Gasteiger partial charge in [-0.1, -0.05) is 0 Å². The van der Waals surface area contributed by atoms with Gasteiger partial charge in [-0.15, -0.1) is 0 Å². The van der Waals surface area contributed by atoms with E-state index in [1.807, 2.05) is 0 Å². The predicted molar refractivity (Wildman–Crippen MR) is 60.5 cm³/mol. The minimum Gasteiger partial charge on any atom is -0.345 e. The summed E-state index contributed by atoms with van der Waals surface area (Å²) in [6.45, 7) is 2.76. The van der Waals surface area contributed by atoms with E-state index in [0.29, 0.717) is 0 Å². The minimum atomic E-state index is -0.704. The molecule has 0 spiro atoms. The van der Waals surface area contributed by atoms with Crippen molar-refractivity contribution in [3.63, 3.8) is 0 Å². The van der Waals surface area contributed by atoms with Crippen molar-refractivity contribution < 1.29 is 14.1 Å². The molecule has 0 heterocycles. The highest BCUT2D eigenvalue weighted by molar-refractivity contribution is 5.96. The first-order chi connectivity index (χ1) is 7.77. The molecular weight excluding hydrogens is 227 g/mol. The normalized spacial score (nSPS) is 10.2. The number of carbonyl (C=O) groups excluding carboxylic acids is 1. The van der Waals surface area contributed by atoms with E-state index >= 15 is 0 Å². The van der Waals surface area contributed by atoms with Gasteiger partial charge in [-0.3, -0.25) is 14.9 Å². The largest absolute Gasteiger partial charge is 0.345 e. The van der Waals surface area contributed by atoms with E-state index in [2.05, 4.69) is 0 Å². The van der Waals surface area contributed by atoms with Crippen LogP contribution in [0.2, 0.25) is 0 Å². The Morgan fingerprint density at radius 3 is 2.29 bits per heavy atom. The highest BCUT2D eigenvalue weighted by Gasteiger charge is 2.23. The molecule has 0 aliphatic carbocycles. The van der Waals surface area contributed by atoms with Gasteiger partial charge in [0.2, 0.25) is 0 Å². The van der Waals surface area contributed by atoms with Crippen molar-refractivity contribution in [2.75, 3.05) is 14.1 Å². The Morgan fingerprint density at radius 2 is 1.88 bits per heavy atom. The smallest absolute Gasteiger partial charge is 0.276 e. The summed E-state index contributed by atoms with van der Waals surface area (Å²) in [5.74, 6) is -1.16. The molecule has 92 valence electrons. The first kappa shape index (κ1) is 13.1. The number of rotatable bonds is 2. The fourth-order valence-electron chi connectivity index (χ4n) is 1.52. The van der Waals surface area contributed by atoms with Gasteiger partial charge in [-0.05, 0) is 19.4 Å². The molecule has 0 saturated carbocycles. The molecule has 0 bridgehead atoms. The average molecular weight is 240 g/mol. The van der Waals surface area contributed by atoms with Crippen LogP contribution in [0.25, 0.3) is 0 Å². The first-order valence-electron chi connectivity index (χ1n) is 4.93. The van der Waals surface area contributed by atoms with E-state index in [1.165, 1.54) is 32.8 Å². The molecule has 6 heteroatoms. The van der Waals surface area contributed by atoms with Gasteiger partial charge in [0.25, 0.3) is 11.6 Å². The molecule has 1 aromatic rings. The molecule has 0 atom stereocenters. The molecule has 0 radical (unpaired) electrons. The van der Waals surface area contributed by atoms with Crippen LogP contribution in [0.1, 0.15) is 21.5 Å². The fourth-order valence-corrected chi connectivity index (χ4v) is 1.52. The van der Waals surface area contributed by atoms with Crippen LogP contribution in [0.15, 0.2) is 6.07 Å². The molecule has 0 aliphatic heterocycles. The Hall–Kier alpha value is -1.98. The van der Waals surface area contributed by atoms with Crippen molar-refractivity contribution in [1.82, 2.24) is 4.90 Å². The number of nitro benzene ring substituents is 1. The fraction of sp³-hybridized carbons (Fsp3) is 0.364. The van der Waals surface area contributed by atoms with E-state index < -0.39 is 16.6 Å². The first-order valence-corrected chi connectivity index (χ1v) is 4.93. The number of hydrogen-bond donors (Lipinski definition) is 0. The SMILES string of the molecule is Cc1c(C(=O)N(C)C)cc([N+](=O)[O-])c(C)c1F. The molecule has 0 unspecified atom stereocenters. The van der Waals surface area contributed by atoms with Crippen LogP contribution in [-0.2, 0) is 0 Å². The Labute approximate surface area is 98.0 Å². The summed E-state index contributed by atoms with van der Waals surface area (Å²) in [5.41, 5.74) is -0.280. The van der Waals surface area contributed by atoms with Crippen molar-refractivity contribution in [2.24, 2.45) is 0 Å². The van der Waals surface area contributed by atoms with E-state index in [1.54, 1.807) is 0 Å². The van der Waals surface area contributed by atoms with Gasteiger partial charge in [-0.2, -0.15) is 0 Å². The summed E-state index contributed by atoms with van der Waals surface area (Å²) >= 11 is 0. The number of amides is 1. The Balaban J connectivity index is 3.53. The zero-order valence-electron chi connectivity index (χ0n) is 10.1. The van der Waals surface area contributed by atoms with Crippen LogP contribution in [0, 0.1) is 29.8 Å². The maximum atomic E-state index is 13.8. The quantitative estimate of drug-likeness (QED) is 0.587. The lowest BCUT2D eigenvalue weighted by atomic mass is 10.0. The summed E-state index contributed by atoms with van der Waals surface area (Å²) in [6, 6.07) is 1.12. The zero-order chi connectivity index (χ0) is 13.3. The van der Waals surface area contributed by atoms with Crippen LogP contribution in [-0.4, -0.2) is 29.8 Å². The number of nitrogens with zero attached hydrogens (tertiary/aromatic N) is 2. The molecule has 0 N–H and O–H groups in total. The number of nitro groups is 1. The lowest BCUT2D eigenvalue weighted by Gasteiger charge is -2.13. The van der Waals surface area contributed by atoms with Crippen LogP contribution < -0.4 is 0 Å². The maximum absolute atomic E-state index is 13.8. The summed E-state index contributed by atoms with van der Waals surface area (Å²) in [5, 5.41) is 10.7. The molecule has 0 fully saturated rings. The zero-order valence-corrected chi connectivity index (χ0v) is 10.1. The van der Waals surface area contributed by atoms with E-state index in [9.17, 15) is 19.3 Å². The van der Waals surface area contributed by atoms with E-state index in [0.717, 1.165) is 6.07 Å². The number of hydrogen-bond acceptors (Lipinski definition) is 3. The van der Waals surface area contributed by atoms with Gasteiger partial charge < -0.3 is 4.90 Å². The van der Waals surface area contributed by atoms with Crippen LogP contribution in [0.5, 0.6) is 0 Å². The lowest BCUT2D eigenvalue weighted by Crippen LogP contribution is -2.23. The van der Waals surface area contributed by atoms with Gasteiger partial charge in [0, 0.05) is 20.2 Å². The standard InChI is InChI=1S/C11H13FN2O3/c1-6-8(11(15)13(3)4)5-9(14(16)17)7(2)10(6)12/h5H,1-4H3. The third kappa shape index (κ3) is 2.25. The second-order valence-corrected chi connectivity index (χ2v) is 3.96. The maximum Gasteiger partial charge on any atom is 0.276 e. The molecule has 0 aliphatic rings. The van der Waals surface area contributed by atoms with Gasteiger partial charge in [0.05, 0.1) is 16.1 Å². The van der Waals surface area contributed by atoms with Gasteiger partial charge in [-0.25, -0.2) is 4.39 Å². The minimum absolute atomic E-state index is 0.0183. The monoisotopic (exact) mass is 240 g/mol. The molecule has 1 rings (SSSR count). The molecule has 5 nitrogen and oxygen atoms in total. The van der Waals surface area contributed by atoms with Crippen molar-refractivity contribution in [1.29, 1.82) is 0 Å². The van der Waals surface area contributed by atoms with Crippen molar-refractivity contribution in [3.05, 3.63) is 38.7 Å². The van der Waals surface area contributed by atoms with Crippen molar-refractivity contribution in [2.45, 2.75) is 13.8 Å². The third-order valence-corrected chi connectivity index (χ3v) is 2.56. The molecule has 1 aromatic carbocycles. The highest BCUT2D eigenvalue weighted by Crippen LogP contribution is 2.27. The predicted octanol–water partition coefficient (Wildman–Crippen LogP) is 2.05. The Kier molecular flexibility index (Phi) is 3.45. The van der Waals surface area contributed by atoms with Crippen molar-refractivity contribution >= 4 is 11.6 Å². The van der Waals surface area contributed by atoms with E-state index in [4.69, 9.17) is 0 Å². The molecule has 0 aromatic heterocycles. The Morgan fingerprint density at radius 1 is 1.35 bits per heavy atom. The number of carbonyl (C=O) groups is 1. The Bertz CT molecular complexity index is 498. The number of halogens is 1. The summed E-state index contributed by atoms with van der Waals surface area (Å²) in [6.07, 6.45) is 0. The molecule has 17 heavy (non-hydrogen) atoms. The van der Waals surface area contributed by atoms with Gasteiger partial charge >= 0.3 is 0 Å². The summed E-state index contributed by atoms with van der Waals surface area (Å²) in [4.78, 5) is 23.0. The lowest BCUT2D eigenvalue weighted by molar-refractivity contribution is -0.385. The van der Waals surface area contributed by atoms with Crippen LogP contribution >= 0.6 is 0 Å². The summed E-state index contributed by atoms with van der Waals surface area (Å²) in [7, 11) is 3.01. The molecular formula is C11H13FN2O3. The second kappa shape index (κ2) is 4.48. The topological polar surface area (TPSA) is 63.5 Å². The average Bonchev–Trinajstić information content (AvgIpc) is 2.24. The second-order valence-electron chi connectivity index (χ2n) is 3.96. The molecule has 0 saturated heterocycles. The van der Waals surface area contributed by atoms with Crippen molar-refractivity contribution in [3.8, 4) is 0 Å². The number of benzene rings is 1. The highest BCUT2D eigenvalue weighted by atomic mass is 19.1. The molecule has 1 amide bonds.